The van der Waals surface area contributed by atoms with E-state index in [2.05, 4.69) is 63.7 Å². The number of amides is 1. The second-order valence-corrected chi connectivity index (χ2v) is 11.2. The van der Waals surface area contributed by atoms with E-state index >= 15 is 0 Å². The van der Waals surface area contributed by atoms with Crippen molar-refractivity contribution in [1.29, 1.82) is 0 Å². The van der Waals surface area contributed by atoms with Crippen molar-refractivity contribution in [1.82, 2.24) is 15.2 Å². The SMILES string of the molecule is Cl.Cl.O=C(NCC(CCCN1CCC(O)(c2ccc(Cl)cc2)CC1)(c1ccccc1)c1ccccc1)c1cccnc1. The number of carbonyl (C=O) groups excluding carboxylic acids is 1. The molecular formula is C34H38Cl3N3O2. The fraction of sp³-hybridized carbons (Fsp3) is 0.294. The molecule has 4 aromatic rings. The van der Waals surface area contributed by atoms with Crippen LogP contribution in [-0.2, 0) is 11.0 Å². The molecule has 0 atom stereocenters. The highest BCUT2D eigenvalue weighted by molar-refractivity contribution is 6.30. The number of rotatable bonds is 10. The molecule has 0 spiro atoms. The normalized spacial score (nSPS) is 14.7. The Morgan fingerprint density at radius 3 is 2.02 bits per heavy atom. The van der Waals surface area contributed by atoms with Gasteiger partial charge in [0.25, 0.3) is 5.91 Å². The molecule has 5 rings (SSSR count). The third-order valence-corrected chi connectivity index (χ3v) is 8.52. The molecule has 0 saturated carbocycles. The summed E-state index contributed by atoms with van der Waals surface area (Å²) in [4.78, 5) is 19.6. The maximum Gasteiger partial charge on any atom is 0.252 e. The lowest BCUT2D eigenvalue weighted by atomic mass is 9.71. The highest BCUT2D eigenvalue weighted by atomic mass is 35.5. The first-order valence-corrected chi connectivity index (χ1v) is 14.4. The van der Waals surface area contributed by atoms with Crippen LogP contribution in [0.25, 0.3) is 0 Å². The summed E-state index contributed by atoms with van der Waals surface area (Å²) in [7, 11) is 0. The lowest BCUT2D eigenvalue weighted by molar-refractivity contribution is -0.0262. The van der Waals surface area contributed by atoms with Crippen molar-refractivity contribution in [2.45, 2.75) is 36.7 Å². The van der Waals surface area contributed by atoms with Crippen LogP contribution in [0, 0.1) is 0 Å². The lowest BCUT2D eigenvalue weighted by Crippen LogP contribution is -2.44. The van der Waals surface area contributed by atoms with E-state index in [1.807, 2.05) is 36.4 Å². The van der Waals surface area contributed by atoms with Gasteiger partial charge in [-0.3, -0.25) is 9.78 Å². The predicted octanol–water partition coefficient (Wildman–Crippen LogP) is 7.06. The van der Waals surface area contributed by atoms with E-state index in [9.17, 15) is 9.90 Å². The van der Waals surface area contributed by atoms with Crippen molar-refractivity contribution < 1.29 is 9.90 Å². The van der Waals surface area contributed by atoms with Gasteiger partial charge in [0.15, 0.2) is 0 Å². The zero-order valence-corrected chi connectivity index (χ0v) is 25.9. The predicted molar refractivity (Wildman–Crippen MR) is 175 cm³/mol. The summed E-state index contributed by atoms with van der Waals surface area (Å²) in [5.41, 5.74) is 2.66. The lowest BCUT2D eigenvalue weighted by Gasteiger charge is -2.40. The first-order chi connectivity index (χ1) is 19.5. The van der Waals surface area contributed by atoms with Gasteiger partial charge in [0, 0.05) is 42.5 Å². The van der Waals surface area contributed by atoms with Gasteiger partial charge in [-0.2, -0.15) is 0 Å². The van der Waals surface area contributed by atoms with Crippen LogP contribution in [0.1, 0.15) is 52.7 Å². The molecule has 1 aromatic heterocycles. The molecule has 2 heterocycles. The van der Waals surface area contributed by atoms with E-state index in [1.165, 1.54) is 11.1 Å². The zero-order valence-electron chi connectivity index (χ0n) is 23.5. The van der Waals surface area contributed by atoms with Gasteiger partial charge in [-0.1, -0.05) is 84.4 Å². The molecule has 42 heavy (non-hydrogen) atoms. The molecule has 1 aliphatic rings. The van der Waals surface area contributed by atoms with Crippen molar-refractivity contribution in [3.05, 3.63) is 137 Å². The van der Waals surface area contributed by atoms with Crippen LogP contribution in [0.4, 0.5) is 0 Å². The quantitative estimate of drug-likeness (QED) is 0.198. The molecule has 0 bridgehead atoms. The molecule has 0 aliphatic carbocycles. The van der Waals surface area contributed by atoms with Crippen LogP contribution in [0.15, 0.2) is 109 Å². The van der Waals surface area contributed by atoms with Gasteiger partial charge in [-0.25, -0.2) is 0 Å². The summed E-state index contributed by atoms with van der Waals surface area (Å²) >= 11 is 6.06. The Morgan fingerprint density at radius 1 is 0.881 bits per heavy atom. The van der Waals surface area contributed by atoms with Gasteiger partial charge in [0.05, 0.1) is 11.2 Å². The number of pyridine rings is 1. The summed E-state index contributed by atoms with van der Waals surface area (Å²) in [6.07, 6.45) is 6.48. The van der Waals surface area contributed by atoms with Crippen molar-refractivity contribution in [3.8, 4) is 0 Å². The fourth-order valence-corrected chi connectivity index (χ4v) is 6.02. The molecule has 1 fully saturated rings. The topological polar surface area (TPSA) is 65.5 Å². The molecule has 2 N–H and O–H groups in total. The second-order valence-electron chi connectivity index (χ2n) is 10.7. The maximum atomic E-state index is 13.1. The molecule has 1 amide bonds. The summed E-state index contributed by atoms with van der Waals surface area (Å²) in [5.74, 6) is -0.123. The summed E-state index contributed by atoms with van der Waals surface area (Å²) in [5, 5.41) is 15.2. The minimum atomic E-state index is -0.810. The number of aromatic nitrogens is 1. The van der Waals surface area contributed by atoms with E-state index in [4.69, 9.17) is 11.6 Å². The molecule has 222 valence electrons. The van der Waals surface area contributed by atoms with E-state index in [-0.39, 0.29) is 36.1 Å². The first-order valence-electron chi connectivity index (χ1n) is 14.0. The van der Waals surface area contributed by atoms with Crippen molar-refractivity contribution >= 4 is 42.3 Å². The number of hydrogen-bond acceptors (Lipinski definition) is 4. The molecule has 1 saturated heterocycles. The highest BCUT2D eigenvalue weighted by Gasteiger charge is 2.36. The Morgan fingerprint density at radius 2 is 1.48 bits per heavy atom. The number of nitrogens with one attached hydrogen (secondary N) is 1. The van der Waals surface area contributed by atoms with Crippen LogP contribution in [0.3, 0.4) is 0 Å². The number of likely N-dealkylation sites (tertiary alicyclic amines) is 1. The first kappa shape index (κ1) is 33.6. The Hall–Kier alpha value is -2.93. The third kappa shape index (κ3) is 7.91. The Labute approximate surface area is 266 Å². The summed E-state index contributed by atoms with van der Waals surface area (Å²) in [6, 6.07) is 32.1. The van der Waals surface area contributed by atoms with E-state index in [0.29, 0.717) is 30.0 Å². The van der Waals surface area contributed by atoms with E-state index in [1.54, 1.807) is 24.5 Å². The summed E-state index contributed by atoms with van der Waals surface area (Å²) in [6.45, 7) is 3.07. The van der Waals surface area contributed by atoms with Crippen molar-refractivity contribution in [2.24, 2.45) is 0 Å². The molecule has 0 radical (unpaired) electrons. The average Bonchev–Trinajstić information content (AvgIpc) is 3.01. The molecule has 3 aromatic carbocycles. The minimum absolute atomic E-state index is 0. The molecule has 0 unspecified atom stereocenters. The van der Waals surface area contributed by atoms with Gasteiger partial charge < -0.3 is 15.3 Å². The number of benzene rings is 3. The Kier molecular flexibility index (Phi) is 12.4. The van der Waals surface area contributed by atoms with Crippen molar-refractivity contribution in [2.75, 3.05) is 26.2 Å². The van der Waals surface area contributed by atoms with Crippen LogP contribution in [0.2, 0.25) is 5.02 Å². The third-order valence-electron chi connectivity index (χ3n) is 8.27. The van der Waals surface area contributed by atoms with Gasteiger partial charge >= 0.3 is 0 Å². The monoisotopic (exact) mass is 625 g/mol. The molecule has 8 heteroatoms. The number of nitrogens with zero attached hydrogens (tertiary/aromatic N) is 2. The van der Waals surface area contributed by atoms with Crippen LogP contribution in [-0.4, -0.2) is 47.1 Å². The van der Waals surface area contributed by atoms with Gasteiger partial charge in [-0.15, -0.1) is 24.8 Å². The fourth-order valence-electron chi connectivity index (χ4n) is 5.89. The highest BCUT2D eigenvalue weighted by Crippen LogP contribution is 2.38. The maximum absolute atomic E-state index is 13.1. The smallest absolute Gasteiger partial charge is 0.252 e. The van der Waals surface area contributed by atoms with Gasteiger partial charge in [0.2, 0.25) is 0 Å². The van der Waals surface area contributed by atoms with Gasteiger partial charge in [0.1, 0.15) is 0 Å². The van der Waals surface area contributed by atoms with Crippen LogP contribution in [0.5, 0.6) is 0 Å². The average molecular weight is 627 g/mol. The van der Waals surface area contributed by atoms with Gasteiger partial charge in [-0.05, 0) is 73.2 Å². The Bertz CT molecular complexity index is 1330. The number of piperidine rings is 1. The second kappa shape index (κ2) is 15.5. The number of carbonyl (C=O) groups is 1. The Balaban J connectivity index is 0.00000242. The molecule has 1 aliphatic heterocycles. The van der Waals surface area contributed by atoms with E-state index in [0.717, 1.165) is 38.0 Å². The van der Waals surface area contributed by atoms with Crippen molar-refractivity contribution in [3.63, 3.8) is 0 Å². The summed E-state index contributed by atoms with van der Waals surface area (Å²) < 4.78 is 0. The van der Waals surface area contributed by atoms with Crippen LogP contribution >= 0.6 is 36.4 Å². The minimum Gasteiger partial charge on any atom is -0.385 e. The van der Waals surface area contributed by atoms with E-state index < -0.39 is 5.60 Å². The molecular weight excluding hydrogens is 589 g/mol. The number of halogens is 3. The number of hydrogen-bond donors (Lipinski definition) is 2. The largest absolute Gasteiger partial charge is 0.385 e. The molecule has 5 nitrogen and oxygen atoms in total. The zero-order chi connectivity index (χ0) is 27.8. The number of aliphatic hydroxyl groups is 1. The van der Waals surface area contributed by atoms with Crippen LogP contribution < -0.4 is 5.32 Å². The standard InChI is InChI=1S/C34H36ClN3O2.2ClH/c35-31-16-14-30(15-17-31)34(40)19-23-38(24-20-34)22-8-18-33(28-10-3-1-4-11-28,29-12-5-2-6-13-29)26-37-32(39)27-9-7-21-36-25-27;;/h1-7,9-17,21,25,40H,8,18-20,22-24,26H2,(H,37,39);2*1H.